The molecular formula is C80H136NO8P. The number of hydrogen-bond donors (Lipinski definition) is 0. The van der Waals surface area contributed by atoms with Gasteiger partial charge in [0, 0.05) is 12.8 Å². The van der Waals surface area contributed by atoms with Crippen molar-refractivity contribution in [3.63, 3.8) is 0 Å². The van der Waals surface area contributed by atoms with Crippen LogP contribution in [-0.4, -0.2) is 70.0 Å². The Balaban J connectivity index is 4.10. The Kier molecular flexibility index (Phi) is 66.1. The van der Waals surface area contributed by atoms with Gasteiger partial charge in [0.1, 0.15) is 19.8 Å². The second kappa shape index (κ2) is 69.2. The van der Waals surface area contributed by atoms with Gasteiger partial charge in [0.25, 0.3) is 7.82 Å². The molecule has 90 heavy (non-hydrogen) atoms. The Morgan fingerprint density at radius 3 is 0.944 bits per heavy atom. The first-order valence-corrected chi connectivity index (χ1v) is 38.0. The first-order chi connectivity index (χ1) is 44.0. The maximum atomic E-state index is 12.9. The highest BCUT2D eigenvalue weighted by molar-refractivity contribution is 7.45. The maximum Gasteiger partial charge on any atom is 0.306 e. The lowest BCUT2D eigenvalue weighted by atomic mass is 10.0. The predicted molar refractivity (Wildman–Crippen MR) is 387 cm³/mol. The maximum absolute atomic E-state index is 12.9. The lowest BCUT2D eigenvalue weighted by Crippen LogP contribution is -2.37. The number of likely N-dealkylation sites (N-methyl/N-ethyl adjacent to an activating group) is 1. The molecule has 2 unspecified atom stereocenters. The first kappa shape index (κ1) is 85.9. The molecule has 2 atom stereocenters. The molecular weight excluding hydrogens is 1130 g/mol. The number of quaternary nitrogens is 1. The summed E-state index contributed by atoms with van der Waals surface area (Å²) in [4.78, 5) is 38.1. The summed E-state index contributed by atoms with van der Waals surface area (Å²) in [7, 11) is 1.15. The fourth-order valence-corrected chi connectivity index (χ4v) is 10.5. The van der Waals surface area contributed by atoms with E-state index in [4.69, 9.17) is 18.5 Å². The van der Waals surface area contributed by atoms with Gasteiger partial charge in [-0.2, -0.15) is 0 Å². The molecule has 9 nitrogen and oxygen atoms in total. The molecule has 0 aliphatic carbocycles. The van der Waals surface area contributed by atoms with E-state index in [0.717, 1.165) is 116 Å². The van der Waals surface area contributed by atoms with Crippen LogP contribution in [0, 0.1) is 0 Å². The number of esters is 2. The van der Waals surface area contributed by atoms with Crippen molar-refractivity contribution in [2.24, 2.45) is 0 Å². The van der Waals surface area contributed by atoms with Crippen LogP contribution >= 0.6 is 7.82 Å². The molecule has 0 amide bonds. The lowest BCUT2D eigenvalue weighted by Gasteiger charge is -2.28. The van der Waals surface area contributed by atoms with Crippen molar-refractivity contribution in [2.45, 2.75) is 302 Å². The Morgan fingerprint density at radius 2 is 0.633 bits per heavy atom. The molecule has 0 fully saturated rings. The Labute approximate surface area is 554 Å². The van der Waals surface area contributed by atoms with Crippen LogP contribution in [0.2, 0.25) is 0 Å². The monoisotopic (exact) mass is 1270 g/mol. The number of carbonyl (C=O) groups is 2. The van der Waals surface area contributed by atoms with E-state index in [0.29, 0.717) is 17.4 Å². The van der Waals surface area contributed by atoms with Crippen molar-refractivity contribution in [3.8, 4) is 0 Å². The third-order valence-electron chi connectivity index (χ3n) is 15.3. The number of allylic oxidation sites excluding steroid dienone is 24. The third kappa shape index (κ3) is 72.9. The summed E-state index contributed by atoms with van der Waals surface area (Å²) < 4.78 is 34.3. The van der Waals surface area contributed by atoms with E-state index in [2.05, 4.69) is 160 Å². The molecule has 0 saturated heterocycles. The average molecular weight is 1270 g/mol. The summed E-state index contributed by atoms with van der Waals surface area (Å²) in [6.45, 7) is 4.12. The van der Waals surface area contributed by atoms with Gasteiger partial charge in [-0.05, 0) is 122 Å². The number of ether oxygens (including phenoxy) is 2. The molecule has 0 aromatic carbocycles. The molecule has 0 aromatic heterocycles. The van der Waals surface area contributed by atoms with Gasteiger partial charge in [-0.1, -0.05) is 307 Å². The zero-order valence-electron chi connectivity index (χ0n) is 58.5. The van der Waals surface area contributed by atoms with Crippen molar-refractivity contribution >= 4 is 19.8 Å². The molecule has 0 saturated carbocycles. The van der Waals surface area contributed by atoms with Crippen LogP contribution in [-0.2, 0) is 32.7 Å². The van der Waals surface area contributed by atoms with Gasteiger partial charge in [-0.15, -0.1) is 0 Å². The molecule has 10 heteroatoms. The van der Waals surface area contributed by atoms with E-state index < -0.39 is 26.5 Å². The summed E-state index contributed by atoms with van der Waals surface area (Å²) in [6, 6.07) is 0. The second-order valence-corrected chi connectivity index (χ2v) is 26.6. The summed E-state index contributed by atoms with van der Waals surface area (Å²) in [5.74, 6) is -0.842. The largest absolute Gasteiger partial charge is 0.756 e. The highest BCUT2D eigenvalue weighted by Gasteiger charge is 2.22. The smallest absolute Gasteiger partial charge is 0.306 e. The molecule has 0 N–H and O–H groups in total. The molecule has 0 heterocycles. The van der Waals surface area contributed by atoms with Crippen molar-refractivity contribution < 1.29 is 42.1 Å². The number of rotatable bonds is 66. The quantitative estimate of drug-likeness (QED) is 0.0195. The Hall–Kier alpha value is -4.11. The molecule has 0 bridgehead atoms. The van der Waals surface area contributed by atoms with E-state index in [1.807, 2.05) is 21.1 Å². The third-order valence-corrected chi connectivity index (χ3v) is 16.3. The van der Waals surface area contributed by atoms with E-state index in [-0.39, 0.29) is 32.0 Å². The van der Waals surface area contributed by atoms with Crippen LogP contribution in [0.15, 0.2) is 146 Å². The molecule has 0 radical (unpaired) electrons. The minimum atomic E-state index is -4.65. The molecule has 0 rings (SSSR count). The zero-order chi connectivity index (χ0) is 65.5. The zero-order valence-corrected chi connectivity index (χ0v) is 59.4. The first-order valence-electron chi connectivity index (χ1n) is 36.5. The second-order valence-electron chi connectivity index (χ2n) is 25.2. The molecule has 0 aliphatic heterocycles. The predicted octanol–water partition coefficient (Wildman–Crippen LogP) is 23.5. The number of phosphoric acid groups is 1. The highest BCUT2D eigenvalue weighted by atomic mass is 31.2. The highest BCUT2D eigenvalue weighted by Crippen LogP contribution is 2.38. The van der Waals surface area contributed by atoms with Crippen LogP contribution < -0.4 is 4.89 Å². The van der Waals surface area contributed by atoms with E-state index in [1.54, 1.807) is 0 Å². The standard InChI is InChI=1S/C80H136NO8P/c1-6-8-10-12-14-16-18-20-22-24-26-28-30-32-34-36-37-38-39-40-41-42-43-45-47-49-51-53-55-57-59-61-63-65-67-69-71-73-80(83)89-78(77-88-90(84,85)87-75-74-81(3,4)5)76-86-79(82)72-70-68-66-64-62-60-58-56-54-52-50-48-46-44-35-33-31-29-27-25-23-21-19-17-15-13-11-9-7-2/h8,10,14,16,19-22,25-28,31-34,37-38,40-41,43,45,49,51,78H,6-7,9,11-13,15,17-18,23-24,29-30,35-36,39,42,44,46-48,50,52-77H2,1-5H3/b10-8-,16-14-,21-19-,22-20-,27-25-,28-26-,33-31-,34-32-,38-37-,41-40-,45-43-,51-49-. The van der Waals surface area contributed by atoms with Crippen LogP contribution in [0.25, 0.3) is 0 Å². The number of phosphoric ester groups is 1. The Bertz CT molecular complexity index is 2030. The number of nitrogens with zero attached hydrogens (tertiary/aromatic N) is 1. The molecule has 0 aromatic rings. The van der Waals surface area contributed by atoms with Gasteiger partial charge >= 0.3 is 11.9 Å². The summed E-state index contributed by atoms with van der Waals surface area (Å²) in [5.41, 5.74) is 0. The summed E-state index contributed by atoms with van der Waals surface area (Å²) >= 11 is 0. The molecule has 514 valence electrons. The van der Waals surface area contributed by atoms with Crippen LogP contribution in [0.4, 0.5) is 0 Å². The molecule has 0 spiro atoms. The molecule has 0 aliphatic rings. The van der Waals surface area contributed by atoms with Crippen molar-refractivity contribution in [2.75, 3.05) is 47.5 Å². The number of unbranched alkanes of at least 4 members (excludes halogenated alkanes) is 28. The summed E-state index contributed by atoms with van der Waals surface area (Å²) in [5, 5.41) is 0. The summed E-state index contributed by atoms with van der Waals surface area (Å²) in [6.07, 6.45) is 102. The van der Waals surface area contributed by atoms with Gasteiger partial charge in [0.05, 0.1) is 27.7 Å². The minimum absolute atomic E-state index is 0.0384. The Morgan fingerprint density at radius 1 is 0.356 bits per heavy atom. The van der Waals surface area contributed by atoms with Crippen LogP contribution in [0.1, 0.15) is 296 Å². The van der Waals surface area contributed by atoms with Gasteiger partial charge in [-0.3, -0.25) is 14.2 Å². The number of carbonyl (C=O) groups excluding carboxylic acids is 2. The average Bonchev–Trinajstić information content (AvgIpc) is 3.58. The van der Waals surface area contributed by atoms with Crippen LogP contribution in [0.5, 0.6) is 0 Å². The SMILES string of the molecule is CC/C=C\C/C=C\C/C=C\C/C=C\C/C=C\C/C=C\C/C=C\C/C=C\C/C=C\CCCCCCCCCCCC(=O)OC(COC(=O)CCCCCCCCCCCCCCCC/C=C\C/C=C\C/C=C\CCCCCCC)COP(=O)([O-])OCC[N+](C)(C)C. The van der Waals surface area contributed by atoms with Gasteiger partial charge < -0.3 is 27.9 Å². The topological polar surface area (TPSA) is 111 Å². The lowest BCUT2D eigenvalue weighted by molar-refractivity contribution is -0.870. The number of hydrogen-bond acceptors (Lipinski definition) is 8. The van der Waals surface area contributed by atoms with Crippen molar-refractivity contribution in [1.29, 1.82) is 0 Å². The fraction of sp³-hybridized carbons (Fsp3) is 0.675. The van der Waals surface area contributed by atoms with E-state index in [1.165, 1.54) is 148 Å². The minimum Gasteiger partial charge on any atom is -0.756 e. The van der Waals surface area contributed by atoms with E-state index >= 15 is 0 Å². The van der Waals surface area contributed by atoms with Crippen LogP contribution in [0.3, 0.4) is 0 Å². The van der Waals surface area contributed by atoms with E-state index in [9.17, 15) is 19.0 Å². The fourth-order valence-electron chi connectivity index (χ4n) is 9.78. The normalized spacial score (nSPS) is 14.0. The van der Waals surface area contributed by atoms with Gasteiger partial charge in [0.15, 0.2) is 6.10 Å². The van der Waals surface area contributed by atoms with Crippen molar-refractivity contribution in [3.05, 3.63) is 146 Å². The van der Waals surface area contributed by atoms with Gasteiger partial charge in [-0.25, -0.2) is 0 Å². The van der Waals surface area contributed by atoms with Gasteiger partial charge in [0.2, 0.25) is 0 Å². The van der Waals surface area contributed by atoms with Crippen molar-refractivity contribution in [1.82, 2.24) is 0 Å².